The van der Waals surface area contributed by atoms with E-state index in [9.17, 15) is 13.2 Å². The number of rotatable bonds is 6. The van der Waals surface area contributed by atoms with Gasteiger partial charge in [-0.05, 0) is 19.1 Å². The van der Waals surface area contributed by atoms with Crippen molar-refractivity contribution in [3.05, 3.63) is 38.3 Å². The van der Waals surface area contributed by atoms with Gasteiger partial charge in [0.15, 0.2) is 5.13 Å². The third kappa shape index (κ3) is 4.52. The lowest BCUT2D eigenvalue weighted by Gasteiger charge is -2.08. The standard InChI is InChI=1S/C13H11Cl3N2O4S2/c1-2-22-10(19)5-7-6-17-13(23-7)18-24(20,21)9-4-3-8(14)11(15)12(9)16/h3-4,6H,2,5H2,1H3,(H,17,18). The number of aromatic nitrogens is 1. The van der Waals surface area contributed by atoms with Crippen LogP contribution in [0.1, 0.15) is 11.8 Å². The summed E-state index contributed by atoms with van der Waals surface area (Å²) in [7, 11) is -4.00. The highest BCUT2D eigenvalue weighted by Gasteiger charge is 2.22. The van der Waals surface area contributed by atoms with E-state index in [1.165, 1.54) is 18.3 Å². The molecule has 0 aliphatic carbocycles. The minimum Gasteiger partial charge on any atom is -0.466 e. The third-order valence-corrected chi connectivity index (χ3v) is 6.52. The molecule has 2 rings (SSSR count). The van der Waals surface area contributed by atoms with Crippen molar-refractivity contribution in [2.24, 2.45) is 0 Å². The molecule has 1 heterocycles. The molecule has 130 valence electrons. The van der Waals surface area contributed by atoms with Crippen molar-refractivity contribution in [1.29, 1.82) is 0 Å². The Balaban J connectivity index is 2.20. The number of hydrogen-bond donors (Lipinski definition) is 1. The molecule has 1 aromatic carbocycles. The Morgan fingerprint density at radius 1 is 1.29 bits per heavy atom. The first-order valence-corrected chi connectivity index (χ1v) is 9.94. The Bertz CT molecular complexity index is 868. The van der Waals surface area contributed by atoms with E-state index in [2.05, 4.69) is 9.71 Å². The number of ether oxygens (including phenoxy) is 1. The van der Waals surface area contributed by atoms with Crippen LogP contribution in [0.4, 0.5) is 5.13 Å². The van der Waals surface area contributed by atoms with Crippen molar-refractivity contribution in [3.8, 4) is 0 Å². The van der Waals surface area contributed by atoms with Gasteiger partial charge in [0, 0.05) is 11.1 Å². The highest BCUT2D eigenvalue weighted by Crippen LogP contribution is 2.35. The number of hydrogen-bond acceptors (Lipinski definition) is 6. The van der Waals surface area contributed by atoms with E-state index < -0.39 is 16.0 Å². The number of halogens is 3. The molecule has 0 aliphatic heterocycles. The Morgan fingerprint density at radius 2 is 2.00 bits per heavy atom. The predicted octanol–water partition coefficient (Wildman–Crippen LogP) is 4.01. The zero-order chi connectivity index (χ0) is 17.9. The summed E-state index contributed by atoms with van der Waals surface area (Å²) in [4.78, 5) is 15.7. The van der Waals surface area contributed by atoms with Crippen LogP contribution in [0.15, 0.2) is 23.2 Å². The first-order chi connectivity index (χ1) is 11.2. The fraction of sp³-hybridized carbons (Fsp3) is 0.231. The number of nitrogens with zero attached hydrogens (tertiary/aromatic N) is 1. The minimum atomic E-state index is -4.00. The molecule has 24 heavy (non-hydrogen) atoms. The van der Waals surface area contributed by atoms with Crippen LogP contribution in [0.3, 0.4) is 0 Å². The number of benzene rings is 1. The molecule has 0 bridgehead atoms. The Labute approximate surface area is 157 Å². The SMILES string of the molecule is CCOC(=O)Cc1cnc(NS(=O)(=O)c2ccc(Cl)c(Cl)c2Cl)s1. The Hall–Kier alpha value is -1.06. The highest BCUT2D eigenvalue weighted by atomic mass is 35.5. The fourth-order valence-corrected chi connectivity index (χ4v) is 4.70. The molecule has 2 aromatic rings. The summed E-state index contributed by atoms with van der Waals surface area (Å²) in [6, 6.07) is 2.57. The number of thiazole rings is 1. The van der Waals surface area contributed by atoms with Gasteiger partial charge in [-0.15, -0.1) is 11.3 Å². The summed E-state index contributed by atoms with van der Waals surface area (Å²) in [5.41, 5.74) is 0. The molecular formula is C13H11Cl3N2O4S2. The summed E-state index contributed by atoms with van der Waals surface area (Å²) in [5.74, 6) is -0.414. The van der Waals surface area contributed by atoms with Crippen LogP contribution >= 0.6 is 46.1 Å². The first kappa shape index (κ1) is 19.3. The smallest absolute Gasteiger partial charge is 0.311 e. The van der Waals surface area contributed by atoms with Crippen molar-refractivity contribution in [1.82, 2.24) is 4.98 Å². The average molecular weight is 430 g/mol. The van der Waals surface area contributed by atoms with Gasteiger partial charge in [0.25, 0.3) is 10.0 Å². The van der Waals surface area contributed by atoms with Crippen LogP contribution in [-0.2, 0) is 26.0 Å². The second kappa shape index (κ2) is 7.88. The summed E-state index contributed by atoms with van der Waals surface area (Å²) in [6.45, 7) is 1.97. The second-order valence-electron chi connectivity index (χ2n) is 4.39. The highest BCUT2D eigenvalue weighted by molar-refractivity contribution is 7.93. The van der Waals surface area contributed by atoms with E-state index in [0.717, 1.165) is 11.3 Å². The van der Waals surface area contributed by atoms with Gasteiger partial charge in [-0.2, -0.15) is 0 Å². The van der Waals surface area contributed by atoms with Crippen LogP contribution in [0.25, 0.3) is 0 Å². The molecule has 0 amide bonds. The van der Waals surface area contributed by atoms with Gasteiger partial charge in [-0.1, -0.05) is 34.8 Å². The van der Waals surface area contributed by atoms with Crippen molar-refractivity contribution in [2.75, 3.05) is 11.3 Å². The second-order valence-corrected chi connectivity index (χ2v) is 8.32. The van der Waals surface area contributed by atoms with Crippen LogP contribution in [-0.4, -0.2) is 26.0 Å². The van der Waals surface area contributed by atoms with Gasteiger partial charge in [0.1, 0.15) is 4.90 Å². The van der Waals surface area contributed by atoms with Crippen LogP contribution in [0.2, 0.25) is 15.1 Å². The monoisotopic (exact) mass is 428 g/mol. The zero-order valence-corrected chi connectivity index (χ0v) is 16.1. The van der Waals surface area contributed by atoms with Crippen molar-refractivity contribution in [2.45, 2.75) is 18.2 Å². The van der Waals surface area contributed by atoms with Gasteiger partial charge in [-0.3, -0.25) is 9.52 Å². The Morgan fingerprint density at radius 3 is 2.67 bits per heavy atom. The number of esters is 1. The van der Waals surface area contributed by atoms with E-state index >= 15 is 0 Å². The molecule has 0 fully saturated rings. The molecule has 0 aliphatic rings. The molecule has 6 nitrogen and oxygen atoms in total. The topological polar surface area (TPSA) is 85.4 Å². The predicted molar refractivity (Wildman–Crippen MR) is 94.7 cm³/mol. The number of carbonyl (C=O) groups excluding carboxylic acids is 1. The van der Waals surface area contributed by atoms with Crippen LogP contribution in [0.5, 0.6) is 0 Å². The number of sulfonamides is 1. The van der Waals surface area contributed by atoms with Gasteiger partial charge >= 0.3 is 5.97 Å². The number of anilines is 1. The lowest BCUT2D eigenvalue weighted by molar-refractivity contribution is -0.142. The van der Waals surface area contributed by atoms with E-state index in [1.54, 1.807) is 6.92 Å². The maximum atomic E-state index is 12.4. The van der Waals surface area contributed by atoms with Crippen molar-refractivity contribution < 1.29 is 17.9 Å². The van der Waals surface area contributed by atoms with Gasteiger partial charge in [0.05, 0.1) is 28.1 Å². The molecule has 11 heteroatoms. The van der Waals surface area contributed by atoms with Gasteiger partial charge in [0.2, 0.25) is 0 Å². The largest absolute Gasteiger partial charge is 0.466 e. The zero-order valence-electron chi connectivity index (χ0n) is 12.2. The molecule has 1 N–H and O–H groups in total. The maximum Gasteiger partial charge on any atom is 0.311 e. The maximum absolute atomic E-state index is 12.4. The van der Waals surface area contributed by atoms with Crippen molar-refractivity contribution in [3.63, 3.8) is 0 Å². The number of nitrogens with one attached hydrogen (secondary N) is 1. The van der Waals surface area contributed by atoms with Crippen LogP contribution < -0.4 is 4.72 Å². The molecule has 0 radical (unpaired) electrons. The lowest BCUT2D eigenvalue weighted by atomic mass is 10.4. The summed E-state index contributed by atoms with van der Waals surface area (Å²) < 4.78 is 31.9. The van der Waals surface area contributed by atoms with Gasteiger partial charge in [-0.25, -0.2) is 13.4 Å². The lowest BCUT2D eigenvalue weighted by Crippen LogP contribution is -2.13. The molecule has 0 unspecified atom stereocenters. The van der Waals surface area contributed by atoms with E-state index in [4.69, 9.17) is 39.5 Å². The third-order valence-electron chi connectivity index (χ3n) is 2.69. The average Bonchev–Trinajstić information content (AvgIpc) is 2.90. The Kier molecular flexibility index (Phi) is 6.33. The molecule has 0 atom stereocenters. The number of carbonyl (C=O) groups is 1. The van der Waals surface area contributed by atoms with E-state index in [1.807, 2.05) is 0 Å². The van der Waals surface area contributed by atoms with Crippen LogP contribution in [0, 0.1) is 0 Å². The van der Waals surface area contributed by atoms with Crippen molar-refractivity contribution >= 4 is 67.3 Å². The fourth-order valence-electron chi connectivity index (χ4n) is 1.68. The van der Waals surface area contributed by atoms with E-state index in [-0.39, 0.29) is 38.1 Å². The minimum absolute atomic E-state index is 0.0146. The molecule has 0 saturated heterocycles. The first-order valence-electron chi connectivity index (χ1n) is 6.51. The molecule has 1 aromatic heterocycles. The quantitative estimate of drug-likeness (QED) is 0.554. The summed E-state index contributed by atoms with van der Waals surface area (Å²) in [6.07, 6.45) is 1.41. The molecule has 0 spiro atoms. The summed E-state index contributed by atoms with van der Waals surface area (Å²) in [5, 5.41) is 0.00587. The van der Waals surface area contributed by atoms with E-state index in [0.29, 0.717) is 4.88 Å². The normalized spacial score (nSPS) is 11.3. The van der Waals surface area contributed by atoms with Gasteiger partial charge < -0.3 is 4.74 Å². The molecular weight excluding hydrogens is 419 g/mol. The molecule has 0 saturated carbocycles. The summed E-state index contributed by atoms with van der Waals surface area (Å²) >= 11 is 18.6.